The number of rotatable bonds is 7. The van der Waals surface area contributed by atoms with Gasteiger partial charge in [-0.05, 0) is 18.9 Å². The van der Waals surface area contributed by atoms with Crippen LogP contribution in [0.15, 0.2) is 29.2 Å². The molecule has 0 aromatic heterocycles. The van der Waals surface area contributed by atoms with Gasteiger partial charge in [0.1, 0.15) is 0 Å². The number of nitro groups is 1. The van der Waals surface area contributed by atoms with Crippen LogP contribution in [0.2, 0.25) is 0 Å². The SMILES string of the molecule is O=[N+]([O-])c1cccc(S(=O)(=O)NCCS(=O)(=O)N2CCCC2)c1. The average Bonchev–Trinajstić information content (AvgIpc) is 3.02. The molecular formula is C12H17N3O6S2. The molecule has 1 N–H and O–H groups in total. The van der Waals surface area contributed by atoms with Crippen LogP contribution < -0.4 is 4.72 Å². The third-order valence-electron chi connectivity index (χ3n) is 3.45. The minimum absolute atomic E-state index is 0.273. The molecule has 1 aliphatic heterocycles. The van der Waals surface area contributed by atoms with E-state index in [4.69, 9.17) is 0 Å². The van der Waals surface area contributed by atoms with E-state index >= 15 is 0 Å². The van der Waals surface area contributed by atoms with Crippen molar-refractivity contribution in [1.82, 2.24) is 9.03 Å². The molecule has 0 aliphatic carbocycles. The minimum atomic E-state index is -4.00. The fraction of sp³-hybridized carbons (Fsp3) is 0.500. The predicted octanol–water partition coefficient (Wildman–Crippen LogP) is 0.299. The molecule has 1 heterocycles. The summed E-state index contributed by atoms with van der Waals surface area (Å²) in [7, 11) is -7.49. The molecule has 1 fully saturated rings. The first-order chi connectivity index (χ1) is 10.7. The number of nitrogens with one attached hydrogen (secondary N) is 1. The van der Waals surface area contributed by atoms with E-state index in [9.17, 15) is 26.9 Å². The van der Waals surface area contributed by atoms with Crippen LogP contribution in [0.3, 0.4) is 0 Å². The van der Waals surface area contributed by atoms with Crippen LogP contribution in [-0.2, 0) is 20.0 Å². The van der Waals surface area contributed by atoms with Crippen molar-refractivity contribution >= 4 is 25.7 Å². The number of non-ortho nitro benzene ring substituents is 1. The standard InChI is InChI=1S/C12H17N3O6S2/c16-15(17)11-4-3-5-12(10-11)23(20,21)13-6-9-22(18,19)14-7-1-2-8-14/h3-5,10,13H,1-2,6-9H2. The minimum Gasteiger partial charge on any atom is -0.258 e. The Balaban J connectivity index is 2.01. The van der Waals surface area contributed by atoms with Gasteiger partial charge in [-0.25, -0.2) is 25.9 Å². The molecule has 9 nitrogen and oxygen atoms in total. The van der Waals surface area contributed by atoms with Gasteiger partial charge in [-0.3, -0.25) is 10.1 Å². The largest absolute Gasteiger partial charge is 0.270 e. The molecule has 11 heteroatoms. The Morgan fingerprint density at radius 3 is 2.43 bits per heavy atom. The Morgan fingerprint density at radius 2 is 1.83 bits per heavy atom. The first kappa shape index (κ1) is 17.8. The van der Waals surface area contributed by atoms with Gasteiger partial charge in [-0.15, -0.1) is 0 Å². The van der Waals surface area contributed by atoms with Gasteiger partial charge in [0.05, 0.1) is 15.6 Å². The van der Waals surface area contributed by atoms with Crippen LogP contribution in [0.5, 0.6) is 0 Å². The van der Waals surface area contributed by atoms with Crippen molar-refractivity contribution in [1.29, 1.82) is 0 Å². The van der Waals surface area contributed by atoms with Gasteiger partial charge in [-0.1, -0.05) is 6.07 Å². The van der Waals surface area contributed by atoms with Crippen LogP contribution in [0.25, 0.3) is 0 Å². The molecule has 128 valence electrons. The highest BCUT2D eigenvalue weighted by molar-refractivity contribution is 7.90. The Hall–Kier alpha value is -1.56. The first-order valence-electron chi connectivity index (χ1n) is 6.94. The topological polar surface area (TPSA) is 127 Å². The average molecular weight is 363 g/mol. The Bertz CT molecular complexity index is 785. The predicted molar refractivity (Wildman–Crippen MR) is 82.9 cm³/mol. The summed E-state index contributed by atoms with van der Waals surface area (Å²) in [6.07, 6.45) is 1.61. The smallest absolute Gasteiger partial charge is 0.258 e. The molecule has 0 bridgehead atoms. The summed E-state index contributed by atoms with van der Waals surface area (Å²) in [5.41, 5.74) is -0.349. The van der Waals surface area contributed by atoms with Crippen LogP contribution >= 0.6 is 0 Å². The van der Waals surface area contributed by atoms with Crippen molar-refractivity contribution < 1.29 is 21.8 Å². The van der Waals surface area contributed by atoms with Crippen molar-refractivity contribution in [3.63, 3.8) is 0 Å². The van der Waals surface area contributed by atoms with Gasteiger partial charge in [0.15, 0.2) is 0 Å². The van der Waals surface area contributed by atoms with Crippen molar-refractivity contribution in [2.75, 3.05) is 25.4 Å². The zero-order chi connectivity index (χ0) is 17.1. The van der Waals surface area contributed by atoms with E-state index in [1.54, 1.807) is 0 Å². The van der Waals surface area contributed by atoms with Gasteiger partial charge in [-0.2, -0.15) is 0 Å². The Labute approximate surface area is 134 Å². The van der Waals surface area contributed by atoms with Gasteiger partial charge >= 0.3 is 0 Å². The number of nitro benzene ring substituents is 1. The molecule has 0 unspecified atom stereocenters. The van der Waals surface area contributed by atoms with Crippen molar-refractivity contribution in [3.05, 3.63) is 34.4 Å². The molecular weight excluding hydrogens is 346 g/mol. The second kappa shape index (κ2) is 6.91. The van der Waals surface area contributed by atoms with E-state index in [0.29, 0.717) is 13.1 Å². The van der Waals surface area contributed by atoms with Crippen LogP contribution in [0, 0.1) is 10.1 Å². The van der Waals surface area contributed by atoms with E-state index in [1.165, 1.54) is 22.5 Å². The van der Waals surface area contributed by atoms with Gasteiger partial charge in [0, 0.05) is 31.8 Å². The lowest BCUT2D eigenvalue weighted by molar-refractivity contribution is -0.385. The van der Waals surface area contributed by atoms with Gasteiger partial charge in [0.2, 0.25) is 20.0 Å². The summed E-state index contributed by atoms with van der Waals surface area (Å²) in [5.74, 6) is -0.346. The highest BCUT2D eigenvalue weighted by atomic mass is 32.2. The Morgan fingerprint density at radius 1 is 1.17 bits per heavy atom. The normalized spacial score (nSPS) is 16.5. The van der Waals surface area contributed by atoms with Gasteiger partial charge < -0.3 is 0 Å². The molecule has 1 aromatic carbocycles. The summed E-state index contributed by atoms with van der Waals surface area (Å²) < 4.78 is 51.7. The number of nitrogens with zero attached hydrogens (tertiary/aromatic N) is 2. The zero-order valence-corrected chi connectivity index (χ0v) is 13.8. The number of benzene rings is 1. The molecule has 2 rings (SSSR count). The monoisotopic (exact) mass is 363 g/mol. The van der Waals surface area contributed by atoms with Crippen molar-refractivity contribution in [2.24, 2.45) is 0 Å². The second-order valence-electron chi connectivity index (χ2n) is 5.07. The van der Waals surface area contributed by atoms with E-state index in [0.717, 1.165) is 18.9 Å². The maximum atomic E-state index is 12.1. The quantitative estimate of drug-likeness (QED) is 0.548. The third-order valence-corrected chi connectivity index (χ3v) is 6.78. The molecule has 1 aliphatic rings. The summed E-state index contributed by atoms with van der Waals surface area (Å²) in [4.78, 5) is 9.71. The first-order valence-corrected chi connectivity index (χ1v) is 10.0. The fourth-order valence-corrected chi connectivity index (χ4v) is 4.88. The molecule has 23 heavy (non-hydrogen) atoms. The van der Waals surface area contributed by atoms with Gasteiger partial charge in [0.25, 0.3) is 5.69 Å². The summed E-state index contributed by atoms with van der Waals surface area (Å²) in [6.45, 7) is 0.629. The van der Waals surface area contributed by atoms with Crippen molar-refractivity contribution in [2.45, 2.75) is 17.7 Å². The number of hydrogen-bond donors (Lipinski definition) is 1. The fourth-order valence-electron chi connectivity index (χ4n) is 2.25. The lowest BCUT2D eigenvalue weighted by Crippen LogP contribution is -2.36. The number of sulfonamides is 2. The lowest BCUT2D eigenvalue weighted by atomic mass is 10.3. The Kier molecular flexibility index (Phi) is 5.34. The third kappa shape index (κ3) is 4.47. The molecule has 0 spiro atoms. The molecule has 0 radical (unpaired) electrons. The maximum Gasteiger partial charge on any atom is 0.270 e. The highest BCUT2D eigenvalue weighted by Gasteiger charge is 2.26. The molecule has 0 atom stereocenters. The zero-order valence-electron chi connectivity index (χ0n) is 12.2. The van der Waals surface area contributed by atoms with Crippen LogP contribution in [0.4, 0.5) is 5.69 Å². The lowest BCUT2D eigenvalue weighted by Gasteiger charge is -2.15. The number of hydrogen-bond acceptors (Lipinski definition) is 6. The van der Waals surface area contributed by atoms with Crippen LogP contribution in [0.1, 0.15) is 12.8 Å². The molecule has 0 amide bonds. The van der Waals surface area contributed by atoms with Crippen molar-refractivity contribution in [3.8, 4) is 0 Å². The van der Waals surface area contributed by atoms with E-state index in [-0.39, 0.29) is 22.9 Å². The summed E-state index contributed by atoms with van der Waals surface area (Å²) in [6, 6.07) is 4.58. The molecule has 1 aromatic rings. The second-order valence-corrected chi connectivity index (χ2v) is 8.93. The molecule has 1 saturated heterocycles. The van der Waals surface area contributed by atoms with E-state index < -0.39 is 25.0 Å². The highest BCUT2D eigenvalue weighted by Crippen LogP contribution is 2.17. The van der Waals surface area contributed by atoms with Crippen LogP contribution in [-0.4, -0.2) is 51.5 Å². The van der Waals surface area contributed by atoms with E-state index in [2.05, 4.69) is 4.72 Å². The summed E-state index contributed by atoms with van der Waals surface area (Å²) in [5, 5.41) is 10.7. The molecule has 0 saturated carbocycles. The maximum absolute atomic E-state index is 12.1. The summed E-state index contributed by atoms with van der Waals surface area (Å²) >= 11 is 0. The van der Waals surface area contributed by atoms with E-state index in [1.807, 2.05) is 0 Å².